The van der Waals surface area contributed by atoms with Gasteiger partial charge in [0.1, 0.15) is 6.10 Å². The number of hydrogen-bond acceptors (Lipinski definition) is 5. The molecule has 0 radical (unpaired) electrons. The zero-order chi connectivity index (χ0) is 16.7. The van der Waals surface area contributed by atoms with E-state index in [9.17, 15) is 14.7 Å². The molecule has 0 saturated carbocycles. The molecule has 132 valence electrons. The molecular formula is C16H28N2O5. The number of amides is 2. The number of nitrogens with one attached hydrogen (secondary N) is 2. The zero-order valence-corrected chi connectivity index (χ0v) is 13.8. The summed E-state index contributed by atoms with van der Waals surface area (Å²) < 4.78 is 11.1. The van der Waals surface area contributed by atoms with Gasteiger partial charge < -0.3 is 25.2 Å². The van der Waals surface area contributed by atoms with E-state index in [2.05, 4.69) is 10.6 Å². The van der Waals surface area contributed by atoms with Gasteiger partial charge in [0.2, 0.25) is 11.8 Å². The molecule has 0 aromatic carbocycles. The van der Waals surface area contributed by atoms with Gasteiger partial charge in [0.25, 0.3) is 0 Å². The summed E-state index contributed by atoms with van der Waals surface area (Å²) >= 11 is 0. The Morgan fingerprint density at radius 3 is 2.57 bits per heavy atom. The number of ether oxygens (including phenoxy) is 2. The predicted molar refractivity (Wildman–Crippen MR) is 83.8 cm³/mol. The molecule has 2 heterocycles. The molecule has 3 N–H and O–H groups in total. The molecule has 7 nitrogen and oxygen atoms in total. The Kier molecular flexibility index (Phi) is 7.26. The van der Waals surface area contributed by atoms with E-state index in [0.717, 1.165) is 12.8 Å². The van der Waals surface area contributed by atoms with Crippen molar-refractivity contribution in [3.8, 4) is 0 Å². The second-order valence-corrected chi connectivity index (χ2v) is 6.22. The number of carbonyl (C=O) groups excluding carboxylic acids is 2. The predicted octanol–water partition coefficient (Wildman–Crippen LogP) is -0.0361. The molecule has 0 aromatic rings. The normalized spacial score (nSPS) is 29.0. The molecule has 2 amide bonds. The number of carbonyl (C=O) groups is 2. The molecule has 23 heavy (non-hydrogen) atoms. The fraction of sp³-hybridized carbons (Fsp3) is 0.875. The molecule has 2 saturated heterocycles. The van der Waals surface area contributed by atoms with Crippen LogP contribution >= 0.6 is 0 Å². The first kappa shape index (κ1) is 18.2. The highest BCUT2D eigenvalue weighted by atomic mass is 16.5. The van der Waals surface area contributed by atoms with Crippen molar-refractivity contribution in [2.75, 3.05) is 26.4 Å². The van der Waals surface area contributed by atoms with Crippen molar-refractivity contribution in [2.45, 2.75) is 57.3 Å². The summed E-state index contributed by atoms with van der Waals surface area (Å²) in [6, 6.07) is -0.194. The summed E-state index contributed by atoms with van der Waals surface area (Å²) in [5, 5.41) is 15.3. The summed E-state index contributed by atoms with van der Waals surface area (Å²) in [5.74, 6) is -0.0439. The maximum atomic E-state index is 12.3. The maximum Gasteiger partial charge on any atom is 0.223 e. The molecule has 0 spiro atoms. The summed E-state index contributed by atoms with van der Waals surface area (Å²) in [6.07, 6.45) is 2.54. The zero-order valence-electron chi connectivity index (χ0n) is 13.8. The lowest BCUT2D eigenvalue weighted by atomic mass is 9.94. The number of rotatable bonds is 6. The minimum absolute atomic E-state index is 0.0162. The summed E-state index contributed by atoms with van der Waals surface area (Å²) in [7, 11) is 0. The molecular weight excluding hydrogens is 300 g/mol. The van der Waals surface area contributed by atoms with Gasteiger partial charge in [-0.1, -0.05) is 0 Å². The van der Waals surface area contributed by atoms with Crippen LogP contribution in [0, 0.1) is 5.92 Å². The lowest BCUT2D eigenvalue weighted by Gasteiger charge is -2.36. The van der Waals surface area contributed by atoms with E-state index in [0.29, 0.717) is 39.0 Å². The summed E-state index contributed by atoms with van der Waals surface area (Å²) in [4.78, 5) is 23.9. The van der Waals surface area contributed by atoms with Crippen LogP contribution in [-0.4, -0.2) is 61.5 Å². The van der Waals surface area contributed by atoms with E-state index in [1.165, 1.54) is 0 Å². The van der Waals surface area contributed by atoms with Crippen molar-refractivity contribution < 1.29 is 24.2 Å². The average molecular weight is 328 g/mol. The molecule has 2 fully saturated rings. The van der Waals surface area contributed by atoms with Gasteiger partial charge in [0, 0.05) is 25.7 Å². The van der Waals surface area contributed by atoms with Crippen molar-refractivity contribution in [1.29, 1.82) is 0 Å². The Hall–Kier alpha value is -1.18. The molecule has 7 heteroatoms. The highest BCUT2D eigenvalue weighted by molar-refractivity contribution is 5.79. The third kappa shape index (κ3) is 5.44. The Morgan fingerprint density at radius 2 is 1.91 bits per heavy atom. The van der Waals surface area contributed by atoms with E-state index in [-0.39, 0.29) is 36.5 Å². The van der Waals surface area contributed by atoms with Gasteiger partial charge >= 0.3 is 0 Å². The standard InChI is InChI=1S/C16H28N2O5/c1-2-17-15(20)9-12-3-4-13(14(10-19)23-12)18-16(21)11-5-7-22-8-6-11/h11-14,19H,2-10H2,1H3,(H,17,20)(H,18,21)/t12-,13+,14+/m1/s1. The lowest BCUT2D eigenvalue weighted by Crippen LogP contribution is -2.53. The Labute approximate surface area is 137 Å². The van der Waals surface area contributed by atoms with Crippen molar-refractivity contribution in [2.24, 2.45) is 5.92 Å². The van der Waals surface area contributed by atoms with E-state index in [1.807, 2.05) is 6.92 Å². The average Bonchev–Trinajstić information content (AvgIpc) is 2.57. The quantitative estimate of drug-likeness (QED) is 0.636. The van der Waals surface area contributed by atoms with Crippen LogP contribution in [0.4, 0.5) is 0 Å². The van der Waals surface area contributed by atoms with Gasteiger partial charge in [-0.15, -0.1) is 0 Å². The van der Waals surface area contributed by atoms with Gasteiger partial charge in [0.15, 0.2) is 0 Å². The van der Waals surface area contributed by atoms with Crippen LogP contribution in [0.15, 0.2) is 0 Å². The second-order valence-electron chi connectivity index (χ2n) is 6.22. The van der Waals surface area contributed by atoms with E-state index in [1.54, 1.807) is 0 Å². The highest BCUT2D eigenvalue weighted by Gasteiger charge is 2.34. The smallest absolute Gasteiger partial charge is 0.223 e. The monoisotopic (exact) mass is 328 g/mol. The Morgan fingerprint density at radius 1 is 1.17 bits per heavy atom. The molecule has 0 aliphatic carbocycles. The Bertz CT molecular complexity index is 398. The third-order valence-corrected chi connectivity index (χ3v) is 4.50. The number of aliphatic hydroxyl groups is 1. The topological polar surface area (TPSA) is 96.9 Å². The van der Waals surface area contributed by atoms with E-state index < -0.39 is 6.10 Å². The van der Waals surface area contributed by atoms with E-state index >= 15 is 0 Å². The van der Waals surface area contributed by atoms with Crippen LogP contribution in [0.3, 0.4) is 0 Å². The van der Waals surface area contributed by atoms with Crippen LogP contribution in [0.2, 0.25) is 0 Å². The molecule has 3 atom stereocenters. The maximum absolute atomic E-state index is 12.3. The van der Waals surface area contributed by atoms with Crippen molar-refractivity contribution in [3.05, 3.63) is 0 Å². The van der Waals surface area contributed by atoms with Crippen molar-refractivity contribution in [1.82, 2.24) is 10.6 Å². The van der Waals surface area contributed by atoms with Gasteiger partial charge in [-0.05, 0) is 32.6 Å². The van der Waals surface area contributed by atoms with Crippen LogP contribution in [0.1, 0.15) is 39.0 Å². The minimum atomic E-state index is -0.452. The first-order chi connectivity index (χ1) is 11.1. The molecule has 2 aliphatic rings. The van der Waals surface area contributed by atoms with Crippen molar-refractivity contribution >= 4 is 11.8 Å². The van der Waals surface area contributed by atoms with Gasteiger partial charge in [-0.3, -0.25) is 9.59 Å². The molecule has 0 aromatic heterocycles. The van der Waals surface area contributed by atoms with E-state index in [4.69, 9.17) is 9.47 Å². The lowest BCUT2D eigenvalue weighted by molar-refractivity contribution is -0.138. The SMILES string of the molecule is CCNC(=O)C[C@H]1CC[C@H](NC(=O)C2CCOCC2)[C@H](CO)O1. The number of hydrogen-bond donors (Lipinski definition) is 3. The largest absolute Gasteiger partial charge is 0.394 e. The van der Waals surface area contributed by atoms with Crippen molar-refractivity contribution in [3.63, 3.8) is 0 Å². The summed E-state index contributed by atoms with van der Waals surface area (Å²) in [6.45, 7) is 3.55. The van der Waals surface area contributed by atoms with Crippen LogP contribution in [0.5, 0.6) is 0 Å². The Balaban J connectivity index is 1.81. The number of aliphatic hydroxyl groups excluding tert-OH is 1. The van der Waals surface area contributed by atoms with Gasteiger partial charge in [-0.2, -0.15) is 0 Å². The van der Waals surface area contributed by atoms with Crippen LogP contribution in [0.25, 0.3) is 0 Å². The third-order valence-electron chi connectivity index (χ3n) is 4.50. The van der Waals surface area contributed by atoms with Gasteiger partial charge in [-0.25, -0.2) is 0 Å². The van der Waals surface area contributed by atoms with Gasteiger partial charge in [0.05, 0.1) is 25.2 Å². The second kappa shape index (κ2) is 9.20. The fourth-order valence-corrected chi connectivity index (χ4v) is 3.18. The minimum Gasteiger partial charge on any atom is -0.394 e. The summed E-state index contributed by atoms with van der Waals surface area (Å²) in [5.41, 5.74) is 0. The molecule has 0 unspecified atom stereocenters. The van der Waals surface area contributed by atoms with Crippen LogP contribution in [-0.2, 0) is 19.1 Å². The molecule has 0 bridgehead atoms. The highest BCUT2D eigenvalue weighted by Crippen LogP contribution is 2.23. The van der Waals surface area contributed by atoms with Crippen LogP contribution < -0.4 is 10.6 Å². The first-order valence-electron chi connectivity index (χ1n) is 8.55. The molecule has 2 aliphatic heterocycles. The fourth-order valence-electron chi connectivity index (χ4n) is 3.18. The first-order valence-corrected chi connectivity index (χ1v) is 8.55. The molecule has 2 rings (SSSR count).